The van der Waals surface area contributed by atoms with Gasteiger partial charge in [0, 0.05) is 6.54 Å². The van der Waals surface area contributed by atoms with Crippen molar-refractivity contribution in [2.75, 3.05) is 18.9 Å². The van der Waals surface area contributed by atoms with E-state index in [-0.39, 0.29) is 22.2 Å². The van der Waals surface area contributed by atoms with E-state index >= 15 is 0 Å². The van der Waals surface area contributed by atoms with E-state index in [4.69, 9.17) is 27.5 Å². The predicted molar refractivity (Wildman–Crippen MR) is 64.1 cm³/mol. The number of nitrogen functional groups attached to an aromatic ring is 1. The Labute approximate surface area is 104 Å². The lowest BCUT2D eigenvalue weighted by Gasteiger charge is -2.12. The number of hydrogen-bond acceptors (Lipinski definition) is 5. The number of sulfonamides is 1. The van der Waals surface area contributed by atoms with E-state index in [1.165, 1.54) is 18.2 Å². The van der Waals surface area contributed by atoms with Crippen molar-refractivity contribution < 1.29 is 18.6 Å². The van der Waals surface area contributed by atoms with Crippen molar-refractivity contribution in [1.29, 1.82) is 0 Å². The molecule has 0 bridgehead atoms. The molecule has 0 aliphatic rings. The summed E-state index contributed by atoms with van der Waals surface area (Å²) in [6, 6.07) is 4.33. The van der Waals surface area contributed by atoms with E-state index in [0.717, 1.165) is 0 Å². The Hall–Kier alpha value is -0.860. The number of rotatable bonds is 5. The highest BCUT2D eigenvalue weighted by Gasteiger charge is 2.21. The fourth-order valence-electron chi connectivity index (χ4n) is 1.15. The van der Waals surface area contributed by atoms with Crippen LogP contribution < -0.4 is 10.5 Å². The number of nitrogens with two attached hydrogens (primary N) is 1. The predicted octanol–water partition coefficient (Wildman–Crippen LogP) is -0.446. The fraction of sp³-hybridized carbons (Fsp3) is 0.333. The number of hydrogen-bond donors (Lipinski definition) is 4. The molecule has 1 unspecified atom stereocenters. The van der Waals surface area contributed by atoms with Crippen LogP contribution >= 0.6 is 11.6 Å². The van der Waals surface area contributed by atoms with Gasteiger partial charge in [-0.3, -0.25) is 0 Å². The van der Waals surface area contributed by atoms with Gasteiger partial charge < -0.3 is 15.9 Å². The molecule has 0 spiro atoms. The lowest BCUT2D eigenvalue weighted by Crippen LogP contribution is -2.34. The van der Waals surface area contributed by atoms with Gasteiger partial charge in [0.15, 0.2) is 0 Å². The van der Waals surface area contributed by atoms with Gasteiger partial charge in [-0.05, 0) is 12.1 Å². The molecule has 0 heterocycles. The van der Waals surface area contributed by atoms with E-state index in [0.29, 0.717) is 0 Å². The zero-order valence-electron chi connectivity index (χ0n) is 8.80. The molecule has 96 valence electrons. The summed E-state index contributed by atoms with van der Waals surface area (Å²) in [7, 11) is -3.90. The highest BCUT2D eigenvalue weighted by Crippen LogP contribution is 2.26. The molecule has 0 saturated carbocycles. The van der Waals surface area contributed by atoms with E-state index in [1.54, 1.807) is 0 Å². The molecule has 0 aliphatic heterocycles. The maximum Gasteiger partial charge on any atom is 0.244 e. The molecular weight excluding hydrogens is 268 g/mol. The van der Waals surface area contributed by atoms with Crippen LogP contribution in [0.25, 0.3) is 0 Å². The van der Waals surface area contributed by atoms with Crippen molar-refractivity contribution >= 4 is 27.3 Å². The number of aliphatic hydroxyl groups is 2. The van der Waals surface area contributed by atoms with Gasteiger partial charge in [0.25, 0.3) is 0 Å². The zero-order valence-corrected chi connectivity index (χ0v) is 10.4. The van der Waals surface area contributed by atoms with Crippen molar-refractivity contribution in [2.24, 2.45) is 0 Å². The zero-order chi connectivity index (χ0) is 13.1. The highest BCUT2D eigenvalue weighted by molar-refractivity contribution is 7.89. The molecule has 0 aromatic heterocycles. The van der Waals surface area contributed by atoms with E-state index in [1.807, 2.05) is 0 Å². The van der Waals surface area contributed by atoms with Gasteiger partial charge in [0.05, 0.1) is 23.4 Å². The van der Waals surface area contributed by atoms with Gasteiger partial charge in [-0.1, -0.05) is 17.7 Å². The van der Waals surface area contributed by atoms with Crippen LogP contribution in [-0.4, -0.2) is 37.9 Å². The van der Waals surface area contributed by atoms with Crippen molar-refractivity contribution in [2.45, 2.75) is 11.0 Å². The largest absolute Gasteiger partial charge is 0.398 e. The third-order valence-corrected chi connectivity index (χ3v) is 3.95. The summed E-state index contributed by atoms with van der Waals surface area (Å²) in [4.78, 5) is -0.230. The summed E-state index contributed by atoms with van der Waals surface area (Å²) < 4.78 is 25.8. The van der Waals surface area contributed by atoms with Crippen LogP contribution in [0, 0.1) is 0 Å². The van der Waals surface area contributed by atoms with E-state index in [2.05, 4.69) is 4.72 Å². The average Bonchev–Trinajstić information content (AvgIpc) is 2.25. The molecular formula is C9H13ClN2O4S. The maximum absolute atomic E-state index is 11.8. The van der Waals surface area contributed by atoms with Crippen molar-refractivity contribution in [1.82, 2.24) is 4.72 Å². The Kier molecular flexibility index (Phi) is 4.72. The molecule has 0 radical (unpaired) electrons. The van der Waals surface area contributed by atoms with Gasteiger partial charge >= 0.3 is 0 Å². The topological polar surface area (TPSA) is 113 Å². The summed E-state index contributed by atoms with van der Waals surface area (Å²) in [5.41, 5.74) is 5.55. The molecule has 6 nitrogen and oxygen atoms in total. The maximum atomic E-state index is 11.8. The Morgan fingerprint density at radius 2 is 2.12 bits per heavy atom. The second-order valence-electron chi connectivity index (χ2n) is 3.35. The van der Waals surface area contributed by atoms with E-state index < -0.39 is 22.7 Å². The molecule has 5 N–H and O–H groups in total. The van der Waals surface area contributed by atoms with Crippen LogP contribution in [0.2, 0.25) is 5.02 Å². The summed E-state index contributed by atoms with van der Waals surface area (Å²) in [6.07, 6.45) is -1.17. The summed E-state index contributed by atoms with van der Waals surface area (Å²) in [6.45, 7) is -0.857. The number of halogens is 1. The lowest BCUT2D eigenvalue weighted by atomic mass is 10.3. The van der Waals surface area contributed by atoms with Crippen LogP contribution in [0.3, 0.4) is 0 Å². The first-order valence-corrected chi connectivity index (χ1v) is 6.57. The molecule has 0 saturated heterocycles. The van der Waals surface area contributed by atoms with Crippen LogP contribution in [0.1, 0.15) is 0 Å². The van der Waals surface area contributed by atoms with E-state index in [9.17, 15) is 8.42 Å². The average molecular weight is 281 g/mol. The number of aliphatic hydroxyl groups excluding tert-OH is 2. The first kappa shape index (κ1) is 14.2. The van der Waals surface area contributed by atoms with Crippen molar-refractivity contribution in [3.63, 3.8) is 0 Å². The minimum absolute atomic E-state index is 0.00371. The number of benzene rings is 1. The molecule has 0 amide bonds. The second-order valence-corrected chi connectivity index (χ2v) is 5.46. The highest BCUT2D eigenvalue weighted by atomic mass is 35.5. The molecule has 8 heteroatoms. The standard InChI is InChI=1S/C9H13ClN2O4S/c10-7-2-1-3-8(11)9(7)17(15,16)12-4-6(14)5-13/h1-3,6,12-14H,4-5,11H2. The third kappa shape index (κ3) is 3.55. The number of nitrogens with one attached hydrogen (secondary N) is 1. The number of anilines is 1. The summed E-state index contributed by atoms with van der Waals surface area (Å²) in [5.74, 6) is 0. The Balaban J connectivity index is 2.98. The molecule has 0 fully saturated rings. The van der Waals surface area contributed by atoms with Gasteiger partial charge in [-0.25, -0.2) is 13.1 Å². The molecule has 1 rings (SSSR count). The van der Waals surface area contributed by atoms with Gasteiger partial charge in [-0.15, -0.1) is 0 Å². The SMILES string of the molecule is Nc1cccc(Cl)c1S(=O)(=O)NCC(O)CO. The summed E-state index contributed by atoms with van der Waals surface area (Å²) >= 11 is 5.75. The summed E-state index contributed by atoms with van der Waals surface area (Å²) in [5, 5.41) is 17.6. The lowest BCUT2D eigenvalue weighted by molar-refractivity contribution is 0.0988. The van der Waals surface area contributed by atoms with Crippen LogP contribution in [0.4, 0.5) is 5.69 Å². The second kappa shape index (κ2) is 5.65. The van der Waals surface area contributed by atoms with Gasteiger partial charge in [-0.2, -0.15) is 0 Å². The molecule has 0 aliphatic carbocycles. The van der Waals surface area contributed by atoms with Crippen molar-refractivity contribution in [3.8, 4) is 0 Å². The first-order chi connectivity index (χ1) is 7.88. The van der Waals surface area contributed by atoms with Crippen molar-refractivity contribution in [3.05, 3.63) is 23.2 Å². The molecule has 1 atom stereocenters. The minimum Gasteiger partial charge on any atom is -0.398 e. The minimum atomic E-state index is -3.90. The monoisotopic (exact) mass is 280 g/mol. The Morgan fingerprint density at radius 1 is 1.47 bits per heavy atom. The molecule has 1 aromatic carbocycles. The molecule has 1 aromatic rings. The van der Waals surface area contributed by atoms with Crippen LogP contribution in [0.15, 0.2) is 23.1 Å². The first-order valence-electron chi connectivity index (χ1n) is 4.71. The fourth-order valence-corrected chi connectivity index (χ4v) is 2.90. The van der Waals surface area contributed by atoms with Crippen LogP contribution in [-0.2, 0) is 10.0 Å². The Bertz CT molecular complexity index is 472. The van der Waals surface area contributed by atoms with Gasteiger partial charge in [0.1, 0.15) is 4.90 Å². The normalized spacial score (nSPS) is 13.6. The Morgan fingerprint density at radius 3 is 2.65 bits per heavy atom. The quantitative estimate of drug-likeness (QED) is 0.546. The smallest absolute Gasteiger partial charge is 0.244 e. The van der Waals surface area contributed by atoms with Crippen LogP contribution in [0.5, 0.6) is 0 Å². The van der Waals surface area contributed by atoms with Gasteiger partial charge in [0.2, 0.25) is 10.0 Å². The third-order valence-electron chi connectivity index (χ3n) is 1.99. The molecule has 17 heavy (non-hydrogen) atoms.